The molecule has 0 radical (unpaired) electrons. The number of hydrogen-bond donors (Lipinski definition) is 0. The Hall–Kier alpha value is -2.48. The Morgan fingerprint density at radius 2 is 1.62 bits per heavy atom. The van der Waals surface area contributed by atoms with Gasteiger partial charge in [0, 0.05) is 16.7 Å². The number of fused-ring (bicyclic) bond motifs is 1. The number of hydrogen-bond acceptors (Lipinski definition) is 2. The molecule has 0 aromatic heterocycles. The van der Waals surface area contributed by atoms with Gasteiger partial charge in [0.15, 0.2) is 11.6 Å². The average Bonchev–Trinajstić information content (AvgIpc) is 2.50. The van der Waals surface area contributed by atoms with Crippen molar-refractivity contribution in [3.63, 3.8) is 0 Å². The minimum atomic E-state index is -0.0653. The molecule has 2 heteroatoms. The van der Waals surface area contributed by atoms with Crippen molar-refractivity contribution in [2.45, 2.75) is 19.8 Å². The topological polar surface area (TPSA) is 34.1 Å². The fourth-order valence-electron chi connectivity index (χ4n) is 2.70. The summed E-state index contributed by atoms with van der Waals surface area (Å²) in [7, 11) is 0. The van der Waals surface area contributed by atoms with Crippen LogP contribution in [0.2, 0.25) is 0 Å². The van der Waals surface area contributed by atoms with E-state index in [9.17, 15) is 9.59 Å². The molecule has 2 nitrogen and oxygen atoms in total. The molecule has 1 aliphatic carbocycles. The maximum atomic E-state index is 12.4. The van der Waals surface area contributed by atoms with E-state index in [1.54, 1.807) is 24.3 Å². The van der Waals surface area contributed by atoms with Gasteiger partial charge in [-0.1, -0.05) is 54.1 Å². The van der Waals surface area contributed by atoms with Gasteiger partial charge in [-0.05, 0) is 31.4 Å². The lowest BCUT2D eigenvalue weighted by molar-refractivity contribution is 0.0981. The SMILES string of the molecule is Cc1cccc(CCC2=CC(=O)c3ccccc3C2=O)c1. The van der Waals surface area contributed by atoms with Gasteiger partial charge in [-0.25, -0.2) is 0 Å². The predicted octanol–water partition coefficient (Wildman–Crippen LogP) is 3.93. The van der Waals surface area contributed by atoms with Gasteiger partial charge in [-0.2, -0.15) is 0 Å². The van der Waals surface area contributed by atoms with Crippen LogP contribution in [0, 0.1) is 6.92 Å². The Bertz CT molecular complexity index is 754. The summed E-state index contributed by atoms with van der Waals surface area (Å²) in [5, 5.41) is 0. The zero-order valence-electron chi connectivity index (χ0n) is 11.9. The fourth-order valence-corrected chi connectivity index (χ4v) is 2.70. The van der Waals surface area contributed by atoms with Gasteiger partial charge < -0.3 is 0 Å². The number of Topliss-reactive ketones (excluding diaryl/α,β-unsaturated/α-hetero) is 1. The van der Waals surface area contributed by atoms with Crippen LogP contribution in [0.1, 0.15) is 38.3 Å². The molecule has 2 aromatic rings. The normalized spacial score (nSPS) is 13.9. The molecule has 0 fully saturated rings. The van der Waals surface area contributed by atoms with Crippen LogP contribution in [-0.4, -0.2) is 11.6 Å². The van der Waals surface area contributed by atoms with Gasteiger partial charge in [0.25, 0.3) is 0 Å². The van der Waals surface area contributed by atoms with Crippen molar-refractivity contribution in [2.75, 3.05) is 0 Å². The first-order valence-corrected chi connectivity index (χ1v) is 7.09. The van der Waals surface area contributed by atoms with Crippen LogP contribution in [0.15, 0.2) is 60.2 Å². The highest BCUT2D eigenvalue weighted by atomic mass is 16.1. The second-order valence-corrected chi connectivity index (χ2v) is 5.40. The van der Waals surface area contributed by atoms with Crippen LogP contribution < -0.4 is 0 Å². The number of aryl methyl sites for hydroxylation is 2. The zero-order chi connectivity index (χ0) is 14.8. The molecule has 104 valence electrons. The van der Waals surface area contributed by atoms with Crippen molar-refractivity contribution in [1.82, 2.24) is 0 Å². The van der Waals surface area contributed by atoms with Crippen molar-refractivity contribution >= 4 is 11.6 Å². The molecule has 1 aliphatic rings. The van der Waals surface area contributed by atoms with E-state index in [4.69, 9.17) is 0 Å². The first-order chi connectivity index (χ1) is 10.1. The molecule has 3 rings (SSSR count). The molecule has 0 unspecified atom stereocenters. The summed E-state index contributed by atoms with van der Waals surface area (Å²) < 4.78 is 0. The van der Waals surface area contributed by atoms with Crippen molar-refractivity contribution in [3.8, 4) is 0 Å². The summed E-state index contributed by atoms with van der Waals surface area (Å²) in [6.07, 6.45) is 2.87. The Balaban J connectivity index is 1.81. The highest BCUT2D eigenvalue weighted by molar-refractivity contribution is 6.24. The number of carbonyl (C=O) groups excluding carboxylic acids is 2. The molecule has 0 saturated carbocycles. The molecule has 0 aliphatic heterocycles. The lowest BCUT2D eigenvalue weighted by Gasteiger charge is -2.14. The number of allylic oxidation sites excluding steroid dienone is 2. The minimum absolute atomic E-state index is 0.0159. The number of rotatable bonds is 3. The predicted molar refractivity (Wildman–Crippen MR) is 82.7 cm³/mol. The Morgan fingerprint density at radius 3 is 2.38 bits per heavy atom. The fraction of sp³-hybridized carbons (Fsp3) is 0.158. The van der Waals surface area contributed by atoms with E-state index in [-0.39, 0.29) is 11.6 Å². The van der Waals surface area contributed by atoms with Crippen LogP contribution in [0.25, 0.3) is 0 Å². The van der Waals surface area contributed by atoms with Gasteiger partial charge in [0.05, 0.1) is 0 Å². The first-order valence-electron chi connectivity index (χ1n) is 7.09. The first kappa shape index (κ1) is 13.5. The number of benzene rings is 2. The monoisotopic (exact) mass is 276 g/mol. The van der Waals surface area contributed by atoms with Crippen LogP contribution >= 0.6 is 0 Å². The summed E-state index contributed by atoms with van der Waals surface area (Å²) >= 11 is 0. The molecule has 21 heavy (non-hydrogen) atoms. The van der Waals surface area contributed by atoms with E-state index in [2.05, 4.69) is 12.1 Å². The van der Waals surface area contributed by atoms with Gasteiger partial charge in [0.1, 0.15) is 0 Å². The zero-order valence-corrected chi connectivity index (χ0v) is 11.9. The van der Waals surface area contributed by atoms with E-state index in [0.29, 0.717) is 23.1 Å². The molecule has 0 spiro atoms. The van der Waals surface area contributed by atoms with E-state index in [1.165, 1.54) is 17.2 Å². The van der Waals surface area contributed by atoms with Gasteiger partial charge in [-0.15, -0.1) is 0 Å². The maximum Gasteiger partial charge on any atom is 0.189 e. The number of carbonyl (C=O) groups is 2. The van der Waals surface area contributed by atoms with Crippen molar-refractivity contribution in [1.29, 1.82) is 0 Å². The van der Waals surface area contributed by atoms with E-state index in [0.717, 1.165) is 6.42 Å². The standard InChI is InChI=1S/C19H16O2/c1-13-5-4-6-14(11-13)9-10-15-12-18(20)16-7-2-3-8-17(16)19(15)21/h2-8,11-12H,9-10H2,1H3. The van der Waals surface area contributed by atoms with E-state index >= 15 is 0 Å². The lowest BCUT2D eigenvalue weighted by Crippen LogP contribution is -2.17. The lowest BCUT2D eigenvalue weighted by atomic mass is 9.87. The molecule has 2 aromatic carbocycles. The Morgan fingerprint density at radius 1 is 0.857 bits per heavy atom. The molecule has 0 amide bonds. The smallest absolute Gasteiger partial charge is 0.189 e. The third kappa shape index (κ3) is 2.70. The van der Waals surface area contributed by atoms with Gasteiger partial charge in [-0.3, -0.25) is 9.59 Å². The Kier molecular flexibility index (Phi) is 3.53. The second kappa shape index (κ2) is 5.49. The molecular weight excluding hydrogens is 260 g/mol. The summed E-state index contributed by atoms with van der Waals surface area (Å²) in [6.45, 7) is 2.05. The van der Waals surface area contributed by atoms with Crippen molar-refractivity contribution in [3.05, 3.63) is 82.4 Å². The van der Waals surface area contributed by atoms with Crippen LogP contribution in [0.4, 0.5) is 0 Å². The molecular formula is C19H16O2. The van der Waals surface area contributed by atoms with Crippen LogP contribution in [0.5, 0.6) is 0 Å². The molecule has 0 atom stereocenters. The molecule has 0 heterocycles. The second-order valence-electron chi connectivity index (χ2n) is 5.40. The molecule has 0 bridgehead atoms. The molecule has 0 N–H and O–H groups in total. The third-order valence-electron chi connectivity index (χ3n) is 3.80. The maximum absolute atomic E-state index is 12.4. The highest BCUT2D eigenvalue weighted by Crippen LogP contribution is 2.24. The summed E-state index contributed by atoms with van der Waals surface area (Å²) in [5.41, 5.74) is 4.05. The molecule has 0 saturated heterocycles. The van der Waals surface area contributed by atoms with Gasteiger partial charge >= 0.3 is 0 Å². The van der Waals surface area contributed by atoms with Crippen LogP contribution in [-0.2, 0) is 6.42 Å². The average molecular weight is 276 g/mol. The summed E-state index contributed by atoms with van der Waals surface area (Å²) in [5.74, 6) is -0.0812. The van der Waals surface area contributed by atoms with Crippen LogP contribution in [0.3, 0.4) is 0 Å². The quantitative estimate of drug-likeness (QED) is 0.851. The Labute approximate surface area is 124 Å². The third-order valence-corrected chi connectivity index (χ3v) is 3.80. The number of ketones is 2. The summed E-state index contributed by atoms with van der Waals surface area (Å²) in [6, 6.07) is 15.3. The van der Waals surface area contributed by atoms with Crippen molar-refractivity contribution < 1.29 is 9.59 Å². The van der Waals surface area contributed by atoms with Gasteiger partial charge in [0.2, 0.25) is 0 Å². The minimum Gasteiger partial charge on any atom is -0.289 e. The van der Waals surface area contributed by atoms with E-state index in [1.807, 2.05) is 19.1 Å². The van der Waals surface area contributed by atoms with E-state index < -0.39 is 0 Å². The summed E-state index contributed by atoms with van der Waals surface area (Å²) in [4.78, 5) is 24.5. The van der Waals surface area contributed by atoms with Crippen molar-refractivity contribution in [2.24, 2.45) is 0 Å². The largest absolute Gasteiger partial charge is 0.289 e. The highest BCUT2D eigenvalue weighted by Gasteiger charge is 2.24.